The fraction of sp³-hybridized carbons (Fsp3) is 0.609. The molecule has 1 aromatic carbocycles. The van der Waals surface area contributed by atoms with Crippen molar-refractivity contribution in [1.82, 2.24) is 52.8 Å². The number of rotatable bonds is 17. The van der Waals surface area contributed by atoms with Crippen LogP contribution in [0.15, 0.2) is 30.5 Å². The first-order valence-corrected chi connectivity index (χ1v) is 26.2. The lowest BCUT2D eigenvalue weighted by molar-refractivity contribution is -0.141. The van der Waals surface area contributed by atoms with Crippen LogP contribution in [-0.4, -0.2) is 155 Å². The number of hydrogen-bond donors (Lipinski definition) is 12. The van der Waals surface area contributed by atoms with Crippen LogP contribution in [0.4, 0.5) is 0 Å². The minimum absolute atomic E-state index is 0.0429. The summed E-state index contributed by atoms with van der Waals surface area (Å²) in [5.74, 6) is -8.80. The van der Waals surface area contributed by atoms with Crippen molar-refractivity contribution in [3.63, 3.8) is 0 Å². The van der Waals surface area contributed by atoms with Crippen LogP contribution in [0.25, 0.3) is 10.9 Å². The van der Waals surface area contributed by atoms with Crippen LogP contribution in [0, 0.1) is 11.8 Å². The van der Waals surface area contributed by atoms with Crippen LogP contribution >= 0.6 is 23.5 Å². The highest BCUT2D eigenvalue weighted by Crippen LogP contribution is 2.20. The second kappa shape index (κ2) is 30.0. The number of unbranched alkanes of at least 4 members (excludes halogenated alkanes) is 1. The van der Waals surface area contributed by atoms with Gasteiger partial charge >= 0.3 is 5.97 Å². The number of carbonyl (C=O) groups excluding carboxylic acids is 9. The van der Waals surface area contributed by atoms with Crippen molar-refractivity contribution in [1.29, 1.82) is 0 Å². The lowest BCUT2D eigenvalue weighted by Gasteiger charge is -2.29. The molecule has 2 aromatic rings. The third kappa shape index (κ3) is 19.5. The van der Waals surface area contributed by atoms with Gasteiger partial charge in [0.2, 0.25) is 53.2 Å². The summed E-state index contributed by atoms with van der Waals surface area (Å²) in [7, 11) is 0. The number of para-hydroxylation sites is 1. The molecule has 0 aliphatic carbocycles. The van der Waals surface area contributed by atoms with Crippen molar-refractivity contribution in [3.8, 4) is 0 Å². The number of hydrogen-bond acceptors (Lipinski definition) is 13. The number of nitrogens with two attached hydrogens (primary N) is 1. The molecule has 0 bridgehead atoms. The molecule has 70 heavy (non-hydrogen) atoms. The zero-order valence-corrected chi connectivity index (χ0v) is 42.3. The van der Waals surface area contributed by atoms with Gasteiger partial charge in [0, 0.05) is 23.5 Å². The number of thioether (sulfide) groups is 2. The summed E-state index contributed by atoms with van der Waals surface area (Å²) < 4.78 is 0. The molecule has 2 heterocycles. The SMILES string of the molecule is CSCC[C@@H]1NC(=O)[C@H](CC(=O)O)NC(=O)[C@H](C(C)C)NC(=O)[C@H](CCSC)NC(=O)[C@H](CCCCN)NC(=O)[C@H](Cc2c[nH]c3ccccc23)NC(=O)[C@H](CC(C)C)NC(=O)CNC(=O)CNC1=O. The van der Waals surface area contributed by atoms with Gasteiger partial charge < -0.3 is 63.7 Å². The van der Waals surface area contributed by atoms with E-state index < -0.39 is 127 Å². The third-order valence-electron chi connectivity index (χ3n) is 11.3. The first-order valence-electron chi connectivity index (χ1n) is 23.4. The number of H-pyrrole nitrogens is 1. The molecule has 7 atom stereocenters. The summed E-state index contributed by atoms with van der Waals surface area (Å²) >= 11 is 2.73. The molecule has 0 saturated carbocycles. The summed E-state index contributed by atoms with van der Waals surface area (Å²) in [5, 5.41) is 33.8. The summed E-state index contributed by atoms with van der Waals surface area (Å²) in [6, 6.07) is -2.00. The Bertz CT molecular complexity index is 2140. The monoisotopic (exact) mass is 1020 g/mol. The van der Waals surface area contributed by atoms with Gasteiger partial charge in [-0.3, -0.25) is 47.9 Å². The fourth-order valence-electron chi connectivity index (χ4n) is 7.50. The van der Waals surface area contributed by atoms with Gasteiger partial charge in [0.25, 0.3) is 0 Å². The number of amides is 9. The van der Waals surface area contributed by atoms with Gasteiger partial charge in [-0.25, -0.2) is 0 Å². The maximum Gasteiger partial charge on any atom is 0.305 e. The maximum atomic E-state index is 14.5. The maximum absolute atomic E-state index is 14.5. The molecule has 1 fully saturated rings. The number of carboxylic acids is 1. The van der Waals surface area contributed by atoms with Gasteiger partial charge in [0.1, 0.15) is 42.3 Å². The van der Waals surface area contributed by atoms with Gasteiger partial charge in [-0.15, -0.1) is 0 Å². The van der Waals surface area contributed by atoms with E-state index in [2.05, 4.69) is 52.8 Å². The highest BCUT2D eigenvalue weighted by atomic mass is 32.2. The van der Waals surface area contributed by atoms with Crippen LogP contribution < -0.4 is 53.6 Å². The van der Waals surface area contributed by atoms with Gasteiger partial charge in [-0.05, 0) is 92.6 Å². The molecule has 9 amide bonds. The number of benzene rings is 1. The van der Waals surface area contributed by atoms with Gasteiger partial charge in [0.15, 0.2) is 0 Å². The zero-order valence-electron chi connectivity index (χ0n) is 40.7. The zero-order chi connectivity index (χ0) is 51.9. The molecule has 0 spiro atoms. The molecule has 3 rings (SSSR count). The molecule has 1 aromatic heterocycles. The molecular formula is C46H71N11O11S2. The lowest BCUT2D eigenvalue weighted by Crippen LogP contribution is -2.61. The van der Waals surface area contributed by atoms with Crippen molar-refractivity contribution >= 4 is 93.6 Å². The van der Waals surface area contributed by atoms with Crippen molar-refractivity contribution in [2.75, 3.05) is 43.7 Å². The summed E-state index contributed by atoms with van der Waals surface area (Å²) in [4.78, 5) is 139. The Kier molecular flexibility index (Phi) is 25.0. The Hall–Kier alpha value is -5.88. The smallest absolute Gasteiger partial charge is 0.305 e. The fourth-order valence-corrected chi connectivity index (χ4v) is 8.45. The Balaban J connectivity index is 2.12. The topological polar surface area (TPSA) is 341 Å². The second-order valence-electron chi connectivity index (χ2n) is 17.8. The molecule has 1 aliphatic heterocycles. The van der Waals surface area contributed by atoms with E-state index >= 15 is 0 Å². The number of fused-ring (bicyclic) bond motifs is 1. The predicted octanol–water partition coefficient (Wildman–Crippen LogP) is -0.838. The standard InChI is InChI=1S/C46H71N11O11S2/c1-25(2)19-33-43(65)55-34(20-27-22-48-29-12-8-7-11-28(27)29)44(66)52-30(13-9-10-16-47)41(63)54-32(15-18-70-6)42(64)57-39(26(3)4)46(68)56-35(21-38(60)61)45(67)53-31(14-17-69-5)40(62)50-23-36(58)49-24-37(59)51-33/h7-8,11-12,22,25-26,30-35,39,48H,9-10,13-21,23-24,47H2,1-6H3,(H,49,58)(H,50,62)(H,51,59)(H,52,66)(H,53,67)(H,54,63)(H,55,65)(H,56,68)(H,57,64)(H,60,61)/t30-,31-,32-,33-,34-,35-,39-/m0/s1. The molecule has 0 radical (unpaired) electrons. The minimum atomic E-state index is -1.72. The van der Waals surface area contributed by atoms with E-state index in [-0.39, 0.29) is 44.6 Å². The van der Waals surface area contributed by atoms with Crippen LogP contribution in [-0.2, 0) is 54.4 Å². The molecular weight excluding hydrogens is 947 g/mol. The summed E-state index contributed by atoms with van der Waals surface area (Å²) in [6.45, 7) is 5.92. The summed E-state index contributed by atoms with van der Waals surface area (Å²) in [5.41, 5.74) is 7.23. The number of aliphatic carboxylic acids is 1. The quantitative estimate of drug-likeness (QED) is 0.0861. The number of carboxylic acid groups (broad SMARTS) is 1. The van der Waals surface area contributed by atoms with Crippen molar-refractivity contribution < 1.29 is 53.1 Å². The number of nitrogens with one attached hydrogen (secondary N) is 10. The molecule has 1 saturated heterocycles. The van der Waals surface area contributed by atoms with Crippen molar-refractivity contribution in [2.45, 2.75) is 121 Å². The first-order chi connectivity index (χ1) is 33.3. The Morgan fingerprint density at radius 2 is 1.16 bits per heavy atom. The van der Waals surface area contributed by atoms with E-state index in [1.165, 1.54) is 23.5 Å². The van der Waals surface area contributed by atoms with Crippen molar-refractivity contribution in [2.24, 2.45) is 17.6 Å². The first kappa shape index (κ1) is 58.4. The Morgan fingerprint density at radius 1 is 0.629 bits per heavy atom. The second-order valence-corrected chi connectivity index (χ2v) is 19.8. The van der Waals surface area contributed by atoms with Gasteiger partial charge in [0.05, 0.1) is 19.5 Å². The average Bonchev–Trinajstić information content (AvgIpc) is 3.72. The van der Waals surface area contributed by atoms with Gasteiger partial charge in [-0.2, -0.15) is 23.5 Å². The van der Waals surface area contributed by atoms with E-state index in [9.17, 15) is 53.1 Å². The Morgan fingerprint density at radius 3 is 1.76 bits per heavy atom. The van der Waals surface area contributed by atoms with E-state index in [1.807, 2.05) is 38.1 Å². The van der Waals surface area contributed by atoms with Crippen LogP contribution in [0.5, 0.6) is 0 Å². The van der Waals surface area contributed by atoms with E-state index in [1.54, 1.807) is 32.6 Å². The van der Waals surface area contributed by atoms with Crippen molar-refractivity contribution in [3.05, 3.63) is 36.0 Å². The van der Waals surface area contributed by atoms with E-state index in [0.717, 1.165) is 10.9 Å². The van der Waals surface area contributed by atoms with Gasteiger partial charge in [-0.1, -0.05) is 45.9 Å². The molecule has 24 heteroatoms. The predicted molar refractivity (Wildman–Crippen MR) is 267 cm³/mol. The van der Waals surface area contributed by atoms with E-state index in [0.29, 0.717) is 29.9 Å². The summed E-state index contributed by atoms with van der Waals surface area (Å²) in [6.07, 6.45) is 5.52. The average molecular weight is 1020 g/mol. The molecule has 13 N–H and O–H groups in total. The number of aromatic amines is 1. The molecule has 0 unspecified atom stereocenters. The minimum Gasteiger partial charge on any atom is -0.481 e. The number of carbonyl (C=O) groups is 10. The highest BCUT2D eigenvalue weighted by Gasteiger charge is 2.36. The third-order valence-corrected chi connectivity index (χ3v) is 12.6. The lowest BCUT2D eigenvalue weighted by atomic mass is 10.00. The molecule has 22 nitrogen and oxygen atoms in total. The highest BCUT2D eigenvalue weighted by molar-refractivity contribution is 7.98. The number of aromatic nitrogens is 1. The van der Waals surface area contributed by atoms with E-state index in [4.69, 9.17) is 5.73 Å². The Labute approximate surface area is 416 Å². The van der Waals surface area contributed by atoms with Crippen LogP contribution in [0.2, 0.25) is 0 Å². The molecule has 1 aliphatic rings. The largest absolute Gasteiger partial charge is 0.481 e. The van der Waals surface area contributed by atoms with Crippen LogP contribution in [0.1, 0.15) is 78.2 Å². The normalized spacial score (nSPS) is 23.5. The molecule has 388 valence electrons. The van der Waals surface area contributed by atoms with Crippen LogP contribution in [0.3, 0.4) is 0 Å².